The summed E-state index contributed by atoms with van der Waals surface area (Å²) in [4.78, 5) is 16.5. The standard InChI is InChI=1S/C16H19N3O4S/c1-11(13-6-4-5-9-18-13)19-16(20)12-7-8-14(23-3)15(10-12)24(21,22)17-2/h4-11,17H,1-3H3,(H,19,20). The minimum absolute atomic E-state index is 0.0920. The van der Waals surface area contributed by atoms with Crippen LogP contribution in [-0.2, 0) is 10.0 Å². The van der Waals surface area contributed by atoms with E-state index in [1.165, 1.54) is 32.4 Å². The smallest absolute Gasteiger partial charge is 0.251 e. The van der Waals surface area contributed by atoms with E-state index >= 15 is 0 Å². The van der Waals surface area contributed by atoms with Crippen LogP contribution in [0, 0.1) is 0 Å². The van der Waals surface area contributed by atoms with Crippen LogP contribution in [0.3, 0.4) is 0 Å². The van der Waals surface area contributed by atoms with E-state index in [-0.39, 0.29) is 22.3 Å². The van der Waals surface area contributed by atoms with Gasteiger partial charge in [-0.05, 0) is 44.3 Å². The average molecular weight is 349 g/mol. The highest BCUT2D eigenvalue weighted by Crippen LogP contribution is 2.25. The van der Waals surface area contributed by atoms with Gasteiger partial charge in [-0.15, -0.1) is 0 Å². The Morgan fingerprint density at radius 3 is 2.58 bits per heavy atom. The lowest BCUT2D eigenvalue weighted by Crippen LogP contribution is -2.27. The van der Waals surface area contributed by atoms with E-state index in [1.54, 1.807) is 25.3 Å². The lowest BCUT2D eigenvalue weighted by molar-refractivity contribution is 0.0939. The molecule has 1 aromatic carbocycles. The molecule has 0 aliphatic carbocycles. The van der Waals surface area contributed by atoms with E-state index < -0.39 is 15.9 Å². The van der Waals surface area contributed by atoms with Crippen LogP contribution in [0.1, 0.15) is 29.0 Å². The number of nitrogens with zero attached hydrogens (tertiary/aromatic N) is 1. The Morgan fingerprint density at radius 1 is 1.25 bits per heavy atom. The topological polar surface area (TPSA) is 97.4 Å². The van der Waals surface area contributed by atoms with Crippen LogP contribution in [0.15, 0.2) is 47.5 Å². The van der Waals surface area contributed by atoms with Crippen LogP contribution in [0.5, 0.6) is 5.75 Å². The van der Waals surface area contributed by atoms with Crippen LogP contribution < -0.4 is 14.8 Å². The van der Waals surface area contributed by atoms with Crippen molar-refractivity contribution < 1.29 is 17.9 Å². The summed E-state index contributed by atoms with van der Waals surface area (Å²) < 4.78 is 31.4. The highest BCUT2D eigenvalue weighted by Gasteiger charge is 2.21. The zero-order valence-corrected chi connectivity index (χ0v) is 14.4. The fraction of sp³-hybridized carbons (Fsp3) is 0.250. The fourth-order valence-electron chi connectivity index (χ4n) is 2.12. The number of pyridine rings is 1. The Kier molecular flexibility index (Phi) is 5.53. The first-order valence-electron chi connectivity index (χ1n) is 7.22. The van der Waals surface area contributed by atoms with Crippen LogP contribution in [-0.4, -0.2) is 33.5 Å². The molecule has 1 amide bonds. The van der Waals surface area contributed by atoms with Crippen LogP contribution in [0.25, 0.3) is 0 Å². The van der Waals surface area contributed by atoms with Crippen molar-refractivity contribution in [3.05, 3.63) is 53.9 Å². The SMILES string of the molecule is CNS(=O)(=O)c1cc(C(=O)NC(C)c2ccccn2)ccc1OC. The first-order chi connectivity index (χ1) is 11.4. The maximum Gasteiger partial charge on any atom is 0.251 e. The molecule has 0 fully saturated rings. The van der Waals surface area contributed by atoms with Gasteiger partial charge in [0, 0.05) is 11.8 Å². The monoisotopic (exact) mass is 349 g/mol. The van der Waals surface area contributed by atoms with Crippen molar-refractivity contribution in [2.24, 2.45) is 0 Å². The van der Waals surface area contributed by atoms with Gasteiger partial charge in [0.2, 0.25) is 10.0 Å². The molecule has 2 aromatic rings. The number of sulfonamides is 1. The number of nitrogens with one attached hydrogen (secondary N) is 2. The molecule has 7 nitrogen and oxygen atoms in total. The molecule has 24 heavy (non-hydrogen) atoms. The Labute approximate surface area is 141 Å². The number of benzene rings is 1. The molecule has 8 heteroatoms. The largest absolute Gasteiger partial charge is 0.495 e. The van der Waals surface area contributed by atoms with Crippen molar-refractivity contribution >= 4 is 15.9 Å². The normalized spacial score (nSPS) is 12.5. The quantitative estimate of drug-likeness (QED) is 0.823. The molecular weight excluding hydrogens is 330 g/mol. The Balaban J connectivity index is 2.29. The second-order valence-corrected chi connectivity index (χ2v) is 6.88. The van der Waals surface area contributed by atoms with Crippen LogP contribution in [0.2, 0.25) is 0 Å². The van der Waals surface area contributed by atoms with E-state index in [1.807, 2.05) is 6.07 Å². The Bertz CT molecular complexity index is 822. The van der Waals surface area contributed by atoms with Crippen molar-refractivity contribution in [2.75, 3.05) is 14.2 Å². The van der Waals surface area contributed by atoms with E-state index in [9.17, 15) is 13.2 Å². The van der Waals surface area contributed by atoms with Gasteiger partial charge in [-0.25, -0.2) is 13.1 Å². The number of hydrogen-bond donors (Lipinski definition) is 2. The highest BCUT2D eigenvalue weighted by atomic mass is 32.2. The fourth-order valence-corrected chi connectivity index (χ4v) is 3.04. The Morgan fingerprint density at radius 2 is 2.00 bits per heavy atom. The number of carbonyl (C=O) groups excluding carboxylic acids is 1. The highest BCUT2D eigenvalue weighted by molar-refractivity contribution is 7.89. The van der Waals surface area contributed by atoms with Crippen molar-refractivity contribution in [1.82, 2.24) is 15.0 Å². The number of amides is 1. The first-order valence-corrected chi connectivity index (χ1v) is 8.70. The minimum Gasteiger partial charge on any atom is -0.495 e. The zero-order chi connectivity index (χ0) is 17.7. The second kappa shape index (κ2) is 7.41. The molecule has 0 aliphatic heterocycles. The third-order valence-corrected chi connectivity index (χ3v) is 4.90. The molecular formula is C16H19N3O4S. The zero-order valence-electron chi connectivity index (χ0n) is 13.6. The van der Waals surface area contributed by atoms with Gasteiger partial charge in [0.05, 0.1) is 18.8 Å². The van der Waals surface area contributed by atoms with Gasteiger partial charge < -0.3 is 10.1 Å². The van der Waals surface area contributed by atoms with E-state index in [4.69, 9.17) is 4.74 Å². The maximum absolute atomic E-state index is 12.4. The molecule has 0 radical (unpaired) electrons. The third-order valence-electron chi connectivity index (χ3n) is 3.46. The molecule has 2 N–H and O–H groups in total. The van der Waals surface area contributed by atoms with E-state index in [0.717, 1.165) is 0 Å². The summed E-state index contributed by atoms with van der Waals surface area (Å²) in [6, 6.07) is 9.34. The predicted molar refractivity (Wildman–Crippen MR) is 89.4 cm³/mol. The second-order valence-electron chi connectivity index (χ2n) is 5.02. The van der Waals surface area contributed by atoms with Gasteiger partial charge in [-0.2, -0.15) is 0 Å². The lowest BCUT2D eigenvalue weighted by Gasteiger charge is -2.15. The van der Waals surface area contributed by atoms with Gasteiger partial charge in [0.15, 0.2) is 0 Å². The molecule has 1 heterocycles. The number of aromatic nitrogens is 1. The molecule has 0 saturated carbocycles. The van der Waals surface area contributed by atoms with Crippen LogP contribution in [0.4, 0.5) is 0 Å². The van der Waals surface area contributed by atoms with Gasteiger partial charge in [0.1, 0.15) is 10.6 Å². The summed E-state index contributed by atoms with van der Waals surface area (Å²) in [5, 5.41) is 2.79. The Hall–Kier alpha value is -2.45. The summed E-state index contributed by atoms with van der Waals surface area (Å²) >= 11 is 0. The molecule has 0 aliphatic rings. The van der Waals surface area contributed by atoms with Crippen molar-refractivity contribution in [1.29, 1.82) is 0 Å². The molecule has 0 saturated heterocycles. The third kappa shape index (κ3) is 3.90. The number of hydrogen-bond acceptors (Lipinski definition) is 5. The summed E-state index contributed by atoms with van der Waals surface area (Å²) in [6.45, 7) is 1.80. The summed E-state index contributed by atoms with van der Waals surface area (Å²) in [5.74, 6) is -0.234. The van der Waals surface area contributed by atoms with Gasteiger partial charge >= 0.3 is 0 Å². The summed E-state index contributed by atoms with van der Waals surface area (Å²) in [6.07, 6.45) is 1.64. The molecule has 128 valence electrons. The number of ether oxygens (including phenoxy) is 1. The van der Waals surface area contributed by atoms with E-state index in [0.29, 0.717) is 5.69 Å². The average Bonchev–Trinajstić information content (AvgIpc) is 2.61. The summed E-state index contributed by atoms with van der Waals surface area (Å²) in [5.41, 5.74) is 0.926. The van der Waals surface area contributed by atoms with Crippen molar-refractivity contribution in [2.45, 2.75) is 17.9 Å². The van der Waals surface area contributed by atoms with Crippen LogP contribution >= 0.6 is 0 Å². The van der Waals surface area contributed by atoms with Gasteiger partial charge in [0.25, 0.3) is 5.91 Å². The lowest BCUT2D eigenvalue weighted by atomic mass is 10.1. The number of methoxy groups -OCH3 is 1. The predicted octanol–water partition coefficient (Wildman–Crippen LogP) is 1.49. The summed E-state index contributed by atoms with van der Waals surface area (Å²) in [7, 11) is -1.08. The van der Waals surface area contributed by atoms with Gasteiger partial charge in [-0.3, -0.25) is 9.78 Å². The maximum atomic E-state index is 12.4. The minimum atomic E-state index is -3.74. The van der Waals surface area contributed by atoms with Crippen molar-refractivity contribution in [3.63, 3.8) is 0 Å². The van der Waals surface area contributed by atoms with E-state index in [2.05, 4.69) is 15.0 Å². The molecule has 1 unspecified atom stereocenters. The van der Waals surface area contributed by atoms with Crippen molar-refractivity contribution in [3.8, 4) is 5.75 Å². The number of carbonyl (C=O) groups is 1. The molecule has 1 aromatic heterocycles. The van der Waals surface area contributed by atoms with Gasteiger partial charge in [-0.1, -0.05) is 6.07 Å². The first kappa shape index (κ1) is 17.9. The molecule has 1 atom stereocenters. The molecule has 0 spiro atoms. The molecule has 0 bridgehead atoms. The number of rotatable bonds is 6. The molecule has 2 rings (SSSR count).